The molecule has 1 aliphatic heterocycles. The molecule has 6 nitrogen and oxygen atoms in total. The van der Waals surface area contributed by atoms with E-state index >= 15 is 0 Å². The maximum Gasteiger partial charge on any atom is 0.196 e. The van der Waals surface area contributed by atoms with Crippen molar-refractivity contribution < 1.29 is 14.2 Å². The van der Waals surface area contributed by atoms with Crippen LogP contribution in [0.5, 0.6) is 11.5 Å². The van der Waals surface area contributed by atoms with Gasteiger partial charge in [-0.2, -0.15) is 0 Å². The maximum atomic E-state index is 6.12. The van der Waals surface area contributed by atoms with E-state index in [1.807, 2.05) is 25.1 Å². The summed E-state index contributed by atoms with van der Waals surface area (Å²) >= 11 is 0. The summed E-state index contributed by atoms with van der Waals surface area (Å²) < 4.78 is 17.2. The third-order valence-corrected chi connectivity index (χ3v) is 6.62. The van der Waals surface area contributed by atoms with Crippen molar-refractivity contribution in [2.45, 2.75) is 58.1 Å². The van der Waals surface area contributed by atoms with E-state index in [1.165, 1.54) is 25.7 Å². The predicted molar refractivity (Wildman–Crippen MR) is 127 cm³/mol. The molecule has 162 valence electrons. The van der Waals surface area contributed by atoms with Crippen molar-refractivity contribution in [1.82, 2.24) is 5.32 Å². The average molecular weight is 515 g/mol. The van der Waals surface area contributed by atoms with Crippen LogP contribution in [0.4, 0.5) is 5.69 Å². The van der Waals surface area contributed by atoms with Gasteiger partial charge in [0.05, 0.1) is 19.8 Å². The normalized spacial score (nSPS) is 27.0. The van der Waals surface area contributed by atoms with Gasteiger partial charge in [0.2, 0.25) is 0 Å². The quantitative estimate of drug-likeness (QED) is 0.333. The average Bonchev–Trinajstić information content (AvgIpc) is 3.36. The van der Waals surface area contributed by atoms with Crippen LogP contribution < -0.4 is 20.1 Å². The number of halogens is 1. The first-order valence-corrected chi connectivity index (χ1v) is 10.7. The Labute approximate surface area is 191 Å². The van der Waals surface area contributed by atoms with Gasteiger partial charge >= 0.3 is 0 Å². The van der Waals surface area contributed by atoms with E-state index in [0.717, 1.165) is 42.7 Å². The van der Waals surface area contributed by atoms with Crippen LogP contribution in [0.2, 0.25) is 0 Å². The number of anilines is 1. The third-order valence-electron chi connectivity index (χ3n) is 6.62. The first-order valence-electron chi connectivity index (χ1n) is 10.7. The minimum absolute atomic E-state index is 0. The topological polar surface area (TPSA) is 64.1 Å². The molecule has 2 saturated carbocycles. The molecule has 4 rings (SSSR count). The van der Waals surface area contributed by atoms with Gasteiger partial charge < -0.3 is 24.8 Å². The number of ether oxygens (including phenoxy) is 3. The molecule has 0 radical (unpaired) electrons. The zero-order chi connectivity index (χ0) is 19.6. The lowest BCUT2D eigenvalue weighted by Gasteiger charge is -2.57. The highest BCUT2D eigenvalue weighted by Crippen LogP contribution is 2.60. The Morgan fingerprint density at radius 3 is 2.72 bits per heavy atom. The van der Waals surface area contributed by atoms with E-state index in [-0.39, 0.29) is 24.0 Å². The Bertz CT molecular complexity index is 721. The number of nitrogens with one attached hydrogen (secondary N) is 2. The second kappa shape index (κ2) is 9.73. The van der Waals surface area contributed by atoms with Crippen LogP contribution in [0.15, 0.2) is 23.2 Å². The van der Waals surface area contributed by atoms with Gasteiger partial charge in [-0.15, -0.1) is 24.0 Å². The molecule has 1 aromatic rings. The van der Waals surface area contributed by atoms with Crippen LogP contribution in [-0.4, -0.2) is 45.0 Å². The summed E-state index contributed by atoms with van der Waals surface area (Å²) in [6.07, 6.45) is 6.76. The highest BCUT2D eigenvalue weighted by atomic mass is 127. The molecular formula is C22H34IN3O3. The largest absolute Gasteiger partial charge is 0.493 e. The zero-order valence-electron chi connectivity index (χ0n) is 17.7. The standard InChI is InChI=1S/C22H33N3O3.HI/c1-4-23-21(24-15-8-9-17(26-3)18(14-15)27-5-2)25-19-16-10-13-28-20(16)22(19)11-6-7-12-22;/h8-9,14,16,19-20H,4-7,10-13H2,1-3H3,(H2,23,24,25);1H. The van der Waals surface area contributed by atoms with Gasteiger partial charge in [0.25, 0.3) is 0 Å². The minimum Gasteiger partial charge on any atom is -0.493 e. The molecule has 2 aliphatic carbocycles. The van der Waals surface area contributed by atoms with Crippen LogP contribution in [-0.2, 0) is 4.74 Å². The molecule has 3 unspecified atom stereocenters. The summed E-state index contributed by atoms with van der Waals surface area (Å²) in [6, 6.07) is 6.36. The van der Waals surface area contributed by atoms with Crippen LogP contribution >= 0.6 is 24.0 Å². The van der Waals surface area contributed by atoms with Crippen molar-refractivity contribution in [3.63, 3.8) is 0 Å². The molecule has 3 atom stereocenters. The number of benzene rings is 1. The molecule has 2 N–H and O–H groups in total. The van der Waals surface area contributed by atoms with Crippen molar-refractivity contribution in [2.24, 2.45) is 16.3 Å². The smallest absolute Gasteiger partial charge is 0.196 e. The summed E-state index contributed by atoms with van der Waals surface area (Å²) in [7, 11) is 1.66. The predicted octanol–water partition coefficient (Wildman–Crippen LogP) is 4.44. The van der Waals surface area contributed by atoms with Crippen molar-refractivity contribution in [3.8, 4) is 11.5 Å². The molecule has 1 heterocycles. The van der Waals surface area contributed by atoms with Crippen molar-refractivity contribution in [2.75, 3.05) is 32.2 Å². The number of hydrogen-bond donors (Lipinski definition) is 2. The first kappa shape index (κ1) is 22.5. The van der Waals surface area contributed by atoms with Gasteiger partial charge in [-0.25, -0.2) is 0 Å². The summed E-state index contributed by atoms with van der Waals surface area (Å²) in [6.45, 7) is 6.27. The van der Waals surface area contributed by atoms with Crippen LogP contribution in [0.1, 0.15) is 46.0 Å². The lowest BCUT2D eigenvalue weighted by molar-refractivity contribution is -0.124. The van der Waals surface area contributed by atoms with E-state index in [9.17, 15) is 0 Å². The first-order chi connectivity index (χ1) is 13.7. The van der Waals surface area contributed by atoms with Crippen LogP contribution in [0.3, 0.4) is 0 Å². The Morgan fingerprint density at radius 2 is 2.03 bits per heavy atom. The van der Waals surface area contributed by atoms with Gasteiger partial charge in [-0.05, 0) is 45.2 Å². The molecule has 3 fully saturated rings. The summed E-state index contributed by atoms with van der Waals surface area (Å²) in [5.74, 6) is 2.93. The van der Waals surface area contributed by atoms with E-state index in [1.54, 1.807) is 7.11 Å². The number of rotatable bonds is 6. The fourth-order valence-corrected chi connectivity index (χ4v) is 5.49. The van der Waals surface area contributed by atoms with Gasteiger partial charge in [-0.3, -0.25) is 4.99 Å². The van der Waals surface area contributed by atoms with E-state index < -0.39 is 0 Å². The molecule has 7 heteroatoms. The minimum atomic E-state index is 0. The maximum absolute atomic E-state index is 6.12. The molecule has 1 spiro atoms. The zero-order valence-corrected chi connectivity index (χ0v) is 20.0. The molecule has 1 aromatic carbocycles. The summed E-state index contributed by atoms with van der Waals surface area (Å²) in [4.78, 5) is 4.71. The molecule has 0 aromatic heterocycles. The Morgan fingerprint density at radius 1 is 1.24 bits per heavy atom. The van der Waals surface area contributed by atoms with Crippen molar-refractivity contribution >= 4 is 35.6 Å². The van der Waals surface area contributed by atoms with E-state index in [2.05, 4.69) is 17.6 Å². The van der Waals surface area contributed by atoms with E-state index in [0.29, 0.717) is 30.1 Å². The summed E-state index contributed by atoms with van der Waals surface area (Å²) in [5, 5.41) is 7.25. The number of fused-ring (bicyclic) bond motifs is 2. The van der Waals surface area contributed by atoms with Crippen molar-refractivity contribution in [3.05, 3.63) is 18.2 Å². The monoisotopic (exact) mass is 515 g/mol. The molecule has 0 bridgehead atoms. The molecule has 3 aliphatic rings. The number of methoxy groups -OCH3 is 1. The Hall–Kier alpha value is -1.22. The third kappa shape index (κ3) is 4.17. The molecular weight excluding hydrogens is 481 g/mol. The number of guanidine groups is 1. The lowest BCUT2D eigenvalue weighted by atomic mass is 9.54. The Balaban J connectivity index is 0.00000240. The number of aliphatic imine (C=N–C) groups is 1. The van der Waals surface area contributed by atoms with Crippen LogP contribution in [0.25, 0.3) is 0 Å². The highest BCUT2D eigenvalue weighted by molar-refractivity contribution is 14.0. The van der Waals surface area contributed by atoms with E-state index in [4.69, 9.17) is 19.2 Å². The van der Waals surface area contributed by atoms with Crippen molar-refractivity contribution in [1.29, 1.82) is 0 Å². The second-order valence-electron chi connectivity index (χ2n) is 8.05. The van der Waals surface area contributed by atoms with Gasteiger partial charge in [0.1, 0.15) is 0 Å². The fraction of sp³-hybridized carbons (Fsp3) is 0.682. The number of nitrogens with zero attached hydrogens (tertiary/aromatic N) is 1. The molecule has 29 heavy (non-hydrogen) atoms. The molecule has 1 saturated heterocycles. The van der Waals surface area contributed by atoms with Gasteiger partial charge in [0.15, 0.2) is 17.5 Å². The lowest BCUT2D eigenvalue weighted by Crippen LogP contribution is -2.68. The van der Waals surface area contributed by atoms with Gasteiger partial charge in [0, 0.05) is 42.3 Å². The highest BCUT2D eigenvalue weighted by Gasteiger charge is 2.65. The Kier molecular flexibility index (Phi) is 7.53. The van der Waals surface area contributed by atoms with Gasteiger partial charge in [-0.1, -0.05) is 12.8 Å². The number of hydrogen-bond acceptors (Lipinski definition) is 4. The molecule has 0 amide bonds. The van der Waals surface area contributed by atoms with Crippen LogP contribution in [0, 0.1) is 11.3 Å². The summed E-state index contributed by atoms with van der Waals surface area (Å²) in [5.41, 5.74) is 1.25. The SMILES string of the molecule is CCN=C(Nc1ccc(OC)c(OCC)c1)NC1C2CCOC2C12CCCC2.I. The second-order valence-corrected chi connectivity index (χ2v) is 8.05. The fourth-order valence-electron chi connectivity index (χ4n) is 5.49.